The van der Waals surface area contributed by atoms with Crippen molar-refractivity contribution in [2.45, 2.75) is 82.4 Å². The number of ketones is 1. The largest absolute Gasteiger partial charge is 0.456 e. The van der Waals surface area contributed by atoms with Crippen LogP contribution in [0.4, 0.5) is 22.0 Å². The van der Waals surface area contributed by atoms with Crippen molar-refractivity contribution >= 4 is 5.78 Å². The molecule has 0 heterocycles. The van der Waals surface area contributed by atoms with Crippen LogP contribution in [0.5, 0.6) is 0 Å². The zero-order valence-electron chi connectivity index (χ0n) is 15.8. The molecule has 4 atom stereocenters. The maximum Gasteiger partial charge on any atom is 0.456 e. The molecule has 4 aliphatic rings. The lowest BCUT2D eigenvalue weighted by Crippen LogP contribution is -2.65. The zero-order valence-corrected chi connectivity index (χ0v) is 15.8. The summed E-state index contributed by atoms with van der Waals surface area (Å²) in [6.45, 7) is 1.63. The summed E-state index contributed by atoms with van der Waals surface area (Å²) >= 11 is 0. The SMILES string of the molecule is CCC12CCC3=C4CCC(=O)C=C4CCC3C1CC[C@]2(O)C(F)(F)C(F)(F)F. The molecule has 156 valence electrons. The number of rotatable bonds is 2. The quantitative estimate of drug-likeness (QED) is 0.616. The van der Waals surface area contributed by atoms with E-state index in [1.807, 2.05) is 0 Å². The Morgan fingerprint density at radius 1 is 1.07 bits per heavy atom. The van der Waals surface area contributed by atoms with E-state index in [0.29, 0.717) is 32.1 Å². The number of carbonyl (C=O) groups is 1. The van der Waals surface area contributed by atoms with Gasteiger partial charge in [0.1, 0.15) is 5.60 Å². The fourth-order valence-corrected chi connectivity index (χ4v) is 6.81. The number of allylic oxidation sites excluding steroid dienone is 4. The van der Waals surface area contributed by atoms with Gasteiger partial charge in [-0.3, -0.25) is 4.79 Å². The number of halogens is 5. The summed E-state index contributed by atoms with van der Waals surface area (Å²) in [5.74, 6) is -5.50. The second kappa shape index (κ2) is 6.13. The Balaban J connectivity index is 1.77. The highest BCUT2D eigenvalue weighted by Gasteiger charge is 2.79. The molecule has 0 radical (unpaired) electrons. The fraction of sp³-hybridized carbons (Fsp3) is 0.762. The molecule has 0 amide bonds. The molecule has 2 saturated carbocycles. The Morgan fingerprint density at radius 3 is 2.43 bits per heavy atom. The molecule has 28 heavy (non-hydrogen) atoms. The third kappa shape index (κ3) is 2.37. The minimum absolute atomic E-state index is 0.0767. The average molecular weight is 404 g/mol. The molecule has 3 unspecified atom stereocenters. The topological polar surface area (TPSA) is 37.3 Å². The first-order valence-corrected chi connectivity index (χ1v) is 10.1. The second-order valence-electron chi connectivity index (χ2n) is 8.87. The minimum atomic E-state index is -5.77. The molecule has 0 aromatic carbocycles. The van der Waals surface area contributed by atoms with E-state index < -0.39 is 29.5 Å². The molecule has 0 bridgehead atoms. The molecule has 0 spiro atoms. The Kier molecular flexibility index (Phi) is 4.39. The first-order valence-electron chi connectivity index (χ1n) is 10.1. The van der Waals surface area contributed by atoms with E-state index in [0.717, 1.165) is 16.7 Å². The van der Waals surface area contributed by atoms with Crippen LogP contribution in [0.15, 0.2) is 22.8 Å². The van der Waals surface area contributed by atoms with Crippen LogP contribution < -0.4 is 0 Å². The van der Waals surface area contributed by atoms with Crippen molar-refractivity contribution in [2.75, 3.05) is 0 Å². The van der Waals surface area contributed by atoms with Crippen LogP contribution in [0.2, 0.25) is 0 Å². The Hall–Kier alpha value is -1.24. The van der Waals surface area contributed by atoms with Crippen molar-refractivity contribution in [3.8, 4) is 0 Å². The Labute approximate surface area is 160 Å². The summed E-state index contributed by atoms with van der Waals surface area (Å²) in [4.78, 5) is 11.7. The summed E-state index contributed by atoms with van der Waals surface area (Å²) in [6.07, 6.45) is -1.44. The van der Waals surface area contributed by atoms with Gasteiger partial charge < -0.3 is 5.11 Å². The number of aliphatic hydroxyl groups is 1. The van der Waals surface area contributed by atoms with Gasteiger partial charge in [0.25, 0.3) is 0 Å². The predicted molar refractivity (Wildman–Crippen MR) is 92.7 cm³/mol. The van der Waals surface area contributed by atoms with Crippen LogP contribution in [-0.2, 0) is 4.79 Å². The Morgan fingerprint density at radius 2 is 1.79 bits per heavy atom. The number of fused-ring (bicyclic) bond motifs is 4. The van der Waals surface area contributed by atoms with Crippen LogP contribution >= 0.6 is 0 Å². The maximum atomic E-state index is 14.5. The monoisotopic (exact) mass is 404 g/mol. The minimum Gasteiger partial charge on any atom is -0.383 e. The number of hydrogen-bond acceptors (Lipinski definition) is 2. The number of hydrogen-bond donors (Lipinski definition) is 1. The smallest absolute Gasteiger partial charge is 0.383 e. The summed E-state index contributed by atoms with van der Waals surface area (Å²) in [5, 5.41) is 10.9. The third-order valence-corrected chi connectivity index (χ3v) is 8.09. The van der Waals surface area contributed by atoms with Gasteiger partial charge in [0.05, 0.1) is 0 Å². The third-order valence-electron chi connectivity index (χ3n) is 8.09. The van der Waals surface area contributed by atoms with Crippen molar-refractivity contribution < 1.29 is 31.9 Å². The molecule has 4 rings (SSSR count). The highest BCUT2D eigenvalue weighted by atomic mass is 19.4. The number of carbonyl (C=O) groups excluding carboxylic acids is 1. The molecule has 2 fully saturated rings. The van der Waals surface area contributed by atoms with E-state index in [4.69, 9.17) is 0 Å². The zero-order chi connectivity index (χ0) is 20.5. The van der Waals surface area contributed by atoms with Crippen LogP contribution in [0.3, 0.4) is 0 Å². The van der Waals surface area contributed by atoms with Gasteiger partial charge in [-0.05, 0) is 80.4 Å². The van der Waals surface area contributed by atoms with E-state index in [9.17, 15) is 31.9 Å². The molecular formula is C21H25F5O2. The molecule has 0 saturated heterocycles. The van der Waals surface area contributed by atoms with Crippen LogP contribution in [-0.4, -0.2) is 28.6 Å². The van der Waals surface area contributed by atoms with Crippen molar-refractivity contribution in [1.82, 2.24) is 0 Å². The average Bonchev–Trinajstić information content (AvgIpc) is 2.95. The lowest BCUT2D eigenvalue weighted by molar-refractivity contribution is -0.364. The first kappa shape index (κ1) is 20.0. The van der Waals surface area contributed by atoms with Crippen LogP contribution in [0, 0.1) is 17.3 Å². The maximum absolute atomic E-state index is 14.5. The van der Waals surface area contributed by atoms with Crippen LogP contribution in [0.1, 0.15) is 64.7 Å². The molecule has 0 aliphatic heterocycles. The van der Waals surface area contributed by atoms with E-state index in [1.54, 1.807) is 13.0 Å². The molecule has 4 aliphatic carbocycles. The Bertz CT molecular complexity index is 765. The highest BCUT2D eigenvalue weighted by Crippen LogP contribution is 2.69. The standard InChI is InChI=1S/C21H25F5O2/c1-2-18-9-7-15-14-6-4-13(27)11-12(14)3-5-16(15)17(18)8-10-19(18,28)20(22,23)21(24,25)26/h11,16-17,28H,2-10H2,1H3/t16?,17?,18?,19-/m1/s1. The molecule has 2 nitrogen and oxygen atoms in total. The summed E-state index contributed by atoms with van der Waals surface area (Å²) in [5.41, 5.74) is -1.23. The first-order chi connectivity index (χ1) is 13.0. The molecular weight excluding hydrogens is 379 g/mol. The van der Waals surface area contributed by atoms with Gasteiger partial charge in [0.2, 0.25) is 0 Å². The van der Waals surface area contributed by atoms with Crippen molar-refractivity contribution in [2.24, 2.45) is 17.3 Å². The molecule has 0 aromatic heterocycles. The van der Waals surface area contributed by atoms with E-state index in [2.05, 4.69) is 0 Å². The summed E-state index contributed by atoms with van der Waals surface area (Å²) in [6, 6.07) is 0. The van der Waals surface area contributed by atoms with Crippen molar-refractivity contribution in [3.05, 3.63) is 22.8 Å². The predicted octanol–water partition coefficient (Wildman–Crippen LogP) is 5.51. The van der Waals surface area contributed by atoms with Gasteiger partial charge in [-0.25, -0.2) is 0 Å². The van der Waals surface area contributed by atoms with Gasteiger partial charge in [-0.15, -0.1) is 0 Å². The van der Waals surface area contributed by atoms with Gasteiger partial charge in [-0.1, -0.05) is 12.5 Å². The van der Waals surface area contributed by atoms with Crippen LogP contribution in [0.25, 0.3) is 0 Å². The van der Waals surface area contributed by atoms with E-state index in [-0.39, 0.29) is 36.9 Å². The second-order valence-corrected chi connectivity index (χ2v) is 8.87. The fourth-order valence-electron chi connectivity index (χ4n) is 6.81. The molecule has 0 aromatic rings. The molecule has 1 N–H and O–H groups in total. The van der Waals surface area contributed by atoms with Crippen molar-refractivity contribution in [3.63, 3.8) is 0 Å². The lowest BCUT2D eigenvalue weighted by atomic mass is 9.52. The normalized spacial score (nSPS) is 38.7. The number of alkyl halides is 5. The van der Waals surface area contributed by atoms with Gasteiger partial charge in [-0.2, -0.15) is 22.0 Å². The van der Waals surface area contributed by atoms with E-state index in [1.165, 1.54) is 0 Å². The van der Waals surface area contributed by atoms with Crippen molar-refractivity contribution in [1.29, 1.82) is 0 Å². The molecule has 7 heteroatoms. The lowest BCUT2D eigenvalue weighted by Gasteiger charge is -2.55. The van der Waals surface area contributed by atoms with Gasteiger partial charge >= 0.3 is 12.1 Å². The summed E-state index contributed by atoms with van der Waals surface area (Å²) < 4.78 is 68.7. The van der Waals surface area contributed by atoms with Gasteiger partial charge in [0.15, 0.2) is 5.78 Å². The summed E-state index contributed by atoms with van der Waals surface area (Å²) in [7, 11) is 0. The van der Waals surface area contributed by atoms with Gasteiger partial charge in [0, 0.05) is 11.8 Å². The van der Waals surface area contributed by atoms with E-state index >= 15 is 0 Å². The highest BCUT2D eigenvalue weighted by molar-refractivity contribution is 5.93.